The number of anilines is 1. The van der Waals surface area contributed by atoms with Crippen LogP contribution in [0.3, 0.4) is 0 Å². The number of hydrogen-bond donors (Lipinski definition) is 1. The van der Waals surface area contributed by atoms with Crippen LogP contribution in [-0.4, -0.2) is 20.7 Å². The first kappa shape index (κ1) is 14.4. The zero-order valence-electron chi connectivity index (χ0n) is 11.7. The second-order valence-electron chi connectivity index (χ2n) is 5.66. The monoisotopic (exact) mass is 281 g/mol. The van der Waals surface area contributed by atoms with Gasteiger partial charge in [0.2, 0.25) is 0 Å². The minimum Gasteiger partial charge on any atom is -0.382 e. The molecule has 2 rings (SSSR count). The first-order valence-electron chi connectivity index (χ1n) is 7.03. The van der Waals surface area contributed by atoms with Crippen LogP contribution in [0.1, 0.15) is 39.0 Å². The predicted octanol–water partition coefficient (Wildman–Crippen LogP) is 3.47. The van der Waals surface area contributed by atoms with Crippen molar-refractivity contribution in [3.05, 3.63) is 24.3 Å². The van der Waals surface area contributed by atoms with Crippen molar-refractivity contribution >= 4 is 15.5 Å². The Bertz CT molecular complexity index is 507. The van der Waals surface area contributed by atoms with Gasteiger partial charge < -0.3 is 5.32 Å². The lowest BCUT2D eigenvalue weighted by atomic mass is 9.97. The predicted molar refractivity (Wildman–Crippen MR) is 79.2 cm³/mol. The van der Waals surface area contributed by atoms with Crippen LogP contribution in [0.15, 0.2) is 29.2 Å². The zero-order chi connectivity index (χ0) is 13.9. The van der Waals surface area contributed by atoms with E-state index in [0.717, 1.165) is 5.69 Å². The molecule has 4 heteroatoms. The van der Waals surface area contributed by atoms with Crippen molar-refractivity contribution in [3.8, 4) is 0 Å². The molecule has 0 saturated heterocycles. The van der Waals surface area contributed by atoms with Gasteiger partial charge >= 0.3 is 0 Å². The molecule has 1 N–H and O–H groups in total. The Hall–Kier alpha value is -1.03. The molecule has 1 fully saturated rings. The summed E-state index contributed by atoms with van der Waals surface area (Å²) in [6.07, 6.45) is 7.65. The Morgan fingerprint density at radius 2 is 1.68 bits per heavy atom. The Morgan fingerprint density at radius 3 is 2.32 bits per heavy atom. The first-order valence-corrected chi connectivity index (χ1v) is 8.92. The minimum atomic E-state index is -3.10. The van der Waals surface area contributed by atoms with Gasteiger partial charge in [0.1, 0.15) is 0 Å². The van der Waals surface area contributed by atoms with Crippen LogP contribution >= 0.6 is 0 Å². The van der Waals surface area contributed by atoms with E-state index in [2.05, 4.69) is 12.2 Å². The fraction of sp³-hybridized carbons (Fsp3) is 0.600. The highest BCUT2D eigenvalue weighted by atomic mass is 32.2. The lowest BCUT2D eigenvalue weighted by Crippen LogP contribution is -2.26. The first-order chi connectivity index (χ1) is 8.97. The smallest absolute Gasteiger partial charge is 0.175 e. The van der Waals surface area contributed by atoms with Crippen LogP contribution in [0.5, 0.6) is 0 Å². The summed E-state index contributed by atoms with van der Waals surface area (Å²) in [5, 5.41) is 3.55. The van der Waals surface area contributed by atoms with E-state index in [-0.39, 0.29) is 0 Å². The number of sulfone groups is 1. The Labute approximate surface area is 116 Å². The third-order valence-corrected chi connectivity index (χ3v) is 5.12. The fourth-order valence-corrected chi connectivity index (χ4v) is 3.35. The second-order valence-corrected chi connectivity index (χ2v) is 7.68. The maximum Gasteiger partial charge on any atom is 0.175 e. The van der Waals surface area contributed by atoms with E-state index in [4.69, 9.17) is 0 Å². The highest BCUT2D eigenvalue weighted by Crippen LogP contribution is 2.26. The van der Waals surface area contributed by atoms with Crippen molar-refractivity contribution in [2.45, 2.75) is 50.0 Å². The lowest BCUT2D eigenvalue weighted by molar-refractivity contribution is 0.456. The summed E-state index contributed by atoms with van der Waals surface area (Å²) >= 11 is 0. The summed E-state index contributed by atoms with van der Waals surface area (Å²) in [5.41, 5.74) is 1.02. The van der Waals surface area contributed by atoms with Crippen LogP contribution in [0.4, 0.5) is 5.69 Å². The van der Waals surface area contributed by atoms with Gasteiger partial charge in [0.15, 0.2) is 9.84 Å². The molecule has 106 valence electrons. The van der Waals surface area contributed by atoms with Gasteiger partial charge in [-0.2, -0.15) is 0 Å². The molecule has 0 radical (unpaired) electrons. The standard InChI is InChI=1S/C15H23NO2S/c1-12-6-4-3-5-7-15(12)16-13-8-10-14(11-9-13)19(2,17)18/h8-12,15-16H,3-7H2,1-2H3. The fourth-order valence-electron chi connectivity index (χ4n) is 2.72. The third kappa shape index (κ3) is 3.96. The molecule has 0 bridgehead atoms. The van der Waals surface area contributed by atoms with Crippen LogP contribution in [0.2, 0.25) is 0 Å². The lowest BCUT2D eigenvalue weighted by Gasteiger charge is -2.24. The molecule has 1 aromatic rings. The quantitative estimate of drug-likeness (QED) is 0.863. The van der Waals surface area contributed by atoms with Gasteiger partial charge in [-0.15, -0.1) is 0 Å². The van der Waals surface area contributed by atoms with Gasteiger partial charge in [0, 0.05) is 18.0 Å². The molecule has 1 saturated carbocycles. The average Bonchev–Trinajstić information content (AvgIpc) is 2.55. The van der Waals surface area contributed by atoms with Gasteiger partial charge in [-0.05, 0) is 43.0 Å². The van der Waals surface area contributed by atoms with Crippen molar-refractivity contribution in [2.75, 3.05) is 11.6 Å². The van der Waals surface area contributed by atoms with E-state index < -0.39 is 9.84 Å². The van der Waals surface area contributed by atoms with E-state index in [9.17, 15) is 8.42 Å². The molecule has 19 heavy (non-hydrogen) atoms. The van der Waals surface area contributed by atoms with Crippen molar-refractivity contribution < 1.29 is 8.42 Å². The molecule has 1 aliphatic rings. The summed E-state index contributed by atoms with van der Waals surface area (Å²) in [5.74, 6) is 0.678. The Kier molecular flexibility index (Phi) is 4.50. The summed E-state index contributed by atoms with van der Waals surface area (Å²) in [6.45, 7) is 2.30. The highest BCUT2D eigenvalue weighted by Gasteiger charge is 2.19. The van der Waals surface area contributed by atoms with Gasteiger partial charge in [-0.3, -0.25) is 0 Å². The van der Waals surface area contributed by atoms with Crippen LogP contribution < -0.4 is 5.32 Å². The molecular weight excluding hydrogens is 258 g/mol. The van der Waals surface area contributed by atoms with E-state index in [1.807, 2.05) is 12.1 Å². The molecule has 0 aromatic heterocycles. The van der Waals surface area contributed by atoms with E-state index in [1.54, 1.807) is 12.1 Å². The molecule has 1 aliphatic carbocycles. The van der Waals surface area contributed by atoms with Gasteiger partial charge in [-0.25, -0.2) is 8.42 Å². The SMILES string of the molecule is CC1CCCCCC1Nc1ccc(S(C)(=O)=O)cc1. The summed E-state index contributed by atoms with van der Waals surface area (Å²) in [7, 11) is -3.10. The molecule has 1 aromatic carbocycles. The molecule has 0 amide bonds. The van der Waals surface area contributed by atoms with Crippen molar-refractivity contribution in [1.82, 2.24) is 0 Å². The van der Waals surface area contributed by atoms with E-state index in [1.165, 1.54) is 38.4 Å². The van der Waals surface area contributed by atoms with Crippen molar-refractivity contribution in [1.29, 1.82) is 0 Å². The molecule has 3 nitrogen and oxygen atoms in total. The average molecular weight is 281 g/mol. The Morgan fingerprint density at radius 1 is 1.05 bits per heavy atom. The minimum absolute atomic E-state index is 0.381. The number of hydrogen-bond acceptors (Lipinski definition) is 3. The number of rotatable bonds is 3. The van der Waals surface area contributed by atoms with E-state index in [0.29, 0.717) is 16.9 Å². The molecule has 0 spiro atoms. The van der Waals surface area contributed by atoms with Gasteiger partial charge in [0.05, 0.1) is 4.90 Å². The second kappa shape index (κ2) is 5.95. The Balaban J connectivity index is 2.06. The van der Waals surface area contributed by atoms with Crippen LogP contribution in [0.25, 0.3) is 0 Å². The maximum absolute atomic E-state index is 11.4. The molecule has 2 unspecified atom stereocenters. The highest BCUT2D eigenvalue weighted by molar-refractivity contribution is 7.90. The summed E-state index contributed by atoms with van der Waals surface area (Å²) in [6, 6.07) is 7.60. The summed E-state index contributed by atoms with van der Waals surface area (Å²) in [4.78, 5) is 0.381. The topological polar surface area (TPSA) is 46.2 Å². The maximum atomic E-state index is 11.4. The van der Waals surface area contributed by atoms with Crippen molar-refractivity contribution in [3.63, 3.8) is 0 Å². The van der Waals surface area contributed by atoms with Gasteiger partial charge in [0.25, 0.3) is 0 Å². The number of benzene rings is 1. The van der Waals surface area contributed by atoms with Crippen molar-refractivity contribution in [2.24, 2.45) is 5.92 Å². The normalized spacial score (nSPS) is 24.7. The molecular formula is C15H23NO2S. The van der Waals surface area contributed by atoms with Crippen LogP contribution in [-0.2, 0) is 9.84 Å². The third-order valence-electron chi connectivity index (χ3n) is 4.00. The van der Waals surface area contributed by atoms with E-state index >= 15 is 0 Å². The van der Waals surface area contributed by atoms with Crippen LogP contribution in [0, 0.1) is 5.92 Å². The largest absolute Gasteiger partial charge is 0.382 e. The number of nitrogens with one attached hydrogen (secondary N) is 1. The molecule has 0 heterocycles. The summed E-state index contributed by atoms with van der Waals surface area (Å²) < 4.78 is 22.8. The zero-order valence-corrected chi connectivity index (χ0v) is 12.5. The molecule has 2 atom stereocenters. The van der Waals surface area contributed by atoms with Gasteiger partial charge in [-0.1, -0.05) is 26.2 Å². The molecule has 0 aliphatic heterocycles.